The smallest absolute Gasteiger partial charge is 0.0934 e. The van der Waals surface area contributed by atoms with E-state index in [4.69, 9.17) is 16.0 Å². The van der Waals surface area contributed by atoms with Crippen LogP contribution in [0.2, 0.25) is 5.02 Å². The van der Waals surface area contributed by atoms with Gasteiger partial charge in [0, 0.05) is 10.4 Å². The number of rotatable bonds is 5. The van der Waals surface area contributed by atoms with Crippen molar-refractivity contribution in [2.75, 3.05) is 13.2 Å². The van der Waals surface area contributed by atoms with Gasteiger partial charge in [0.25, 0.3) is 0 Å². The molecule has 3 nitrogen and oxygen atoms in total. The topological polar surface area (TPSA) is 53.6 Å². The van der Waals surface area contributed by atoms with E-state index in [2.05, 4.69) is 0 Å². The zero-order chi connectivity index (χ0) is 13.0. The van der Waals surface area contributed by atoms with Crippen LogP contribution in [-0.2, 0) is 11.8 Å². The second-order valence-electron chi connectivity index (χ2n) is 4.41. The van der Waals surface area contributed by atoms with E-state index in [1.807, 2.05) is 18.2 Å². The Bertz CT molecular complexity index is 472. The lowest BCUT2D eigenvalue weighted by atomic mass is 9.77. The highest BCUT2D eigenvalue weighted by Crippen LogP contribution is 2.29. The van der Waals surface area contributed by atoms with Crippen LogP contribution in [0.4, 0.5) is 0 Å². The minimum Gasteiger partial charge on any atom is -0.472 e. The molecule has 0 aliphatic heterocycles. The Morgan fingerprint density at radius 3 is 2.22 bits per heavy atom. The van der Waals surface area contributed by atoms with Gasteiger partial charge < -0.3 is 14.6 Å². The lowest BCUT2D eigenvalue weighted by Crippen LogP contribution is -2.37. The summed E-state index contributed by atoms with van der Waals surface area (Å²) in [6.45, 7) is -0.285. The average Bonchev–Trinajstić information content (AvgIpc) is 2.90. The summed E-state index contributed by atoms with van der Waals surface area (Å²) >= 11 is 5.85. The summed E-state index contributed by atoms with van der Waals surface area (Å²) in [5.74, 6) is 0. The lowest BCUT2D eigenvalue weighted by molar-refractivity contribution is 0.116. The zero-order valence-electron chi connectivity index (χ0n) is 9.84. The highest BCUT2D eigenvalue weighted by atomic mass is 35.5. The maximum Gasteiger partial charge on any atom is 0.0934 e. The first-order valence-electron chi connectivity index (χ1n) is 5.69. The molecular weight excluding hydrogens is 252 g/mol. The molecule has 1 aromatic carbocycles. The summed E-state index contributed by atoms with van der Waals surface area (Å²) in [4.78, 5) is 0. The Balaban J connectivity index is 2.33. The molecule has 2 N–H and O–H groups in total. The Morgan fingerprint density at radius 1 is 1.06 bits per heavy atom. The van der Waals surface area contributed by atoms with Crippen molar-refractivity contribution in [3.8, 4) is 0 Å². The monoisotopic (exact) mass is 266 g/mol. The number of furan rings is 1. The fourth-order valence-corrected chi connectivity index (χ4v) is 2.16. The summed E-state index contributed by atoms with van der Waals surface area (Å²) in [5, 5.41) is 20.0. The van der Waals surface area contributed by atoms with Crippen molar-refractivity contribution in [3.05, 3.63) is 59.0 Å². The van der Waals surface area contributed by atoms with Gasteiger partial charge in [-0.25, -0.2) is 0 Å². The van der Waals surface area contributed by atoms with Gasteiger partial charge in [-0.15, -0.1) is 0 Å². The summed E-state index contributed by atoms with van der Waals surface area (Å²) in [6, 6.07) is 9.00. The maximum atomic E-state index is 9.67. The molecule has 0 atom stereocenters. The average molecular weight is 267 g/mol. The molecule has 0 radical (unpaired) electrons. The van der Waals surface area contributed by atoms with E-state index in [9.17, 15) is 10.2 Å². The second kappa shape index (κ2) is 5.57. The molecule has 96 valence electrons. The molecule has 0 spiro atoms. The van der Waals surface area contributed by atoms with Crippen molar-refractivity contribution in [1.82, 2.24) is 0 Å². The van der Waals surface area contributed by atoms with E-state index in [-0.39, 0.29) is 13.2 Å². The van der Waals surface area contributed by atoms with Gasteiger partial charge in [-0.05, 0) is 35.7 Å². The Hall–Kier alpha value is -1.29. The highest BCUT2D eigenvalue weighted by molar-refractivity contribution is 6.30. The third-order valence-corrected chi connectivity index (χ3v) is 3.44. The normalized spacial score (nSPS) is 11.7. The summed E-state index contributed by atoms with van der Waals surface area (Å²) < 4.78 is 5.02. The minimum atomic E-state index is -0.714. The van der Waals surface area contributed by atoms with Crippen LogP contribution in [0.3, 0.4) is 0 Å². The fraction of sp³-hybridized carbons (Fsp3) is 0.286. The molecule has 0 saturated carbocycles. The van der Waals surface area contributed by atoms with Crippen molar-refractivity contribution in [2.45, 2.75) is 11.8 Å². The van der Waals surface area contributed by atoms with Gasteiger partial charge in [-0.1, -0.05) is 23.7 Å². The first-order chi connectivity index (χ1) is 8.70. The van der Waals surface area contributed by atoms with Crippen molar-refractivity contribution in [3.63, 3.8) is 0 Å². The molecule has 1 aromatic heterocycles. The predicted molar refractivity (Wildman–Crippen MR) is 69.7 cm³/mol. The quantitative estimate of drug-likeness (QED) is 0.874. The van der Waals surface area contributed by atoms with E-state index in [1.54, 1.807) is 24.7 Å². The van der Waals surface area contributed by atoms with E-state index in [0.29, 0.717) is 11.4 Å². The SMILES string of the molecule is OCC(CO)(Cc1ccoc1)c1ccc(Cl)cc1. The molecule has 0 bridgehead atoms. The minimum absolute atomic E-state index is 0.143. The number of halogens is 1. The number of hydrogen-bond donors (Lipinski definition) is 2. The van der Waals surface area contributed by atoms with E-state index >= 15 is 0 Å². The Morgan fingerprint density at radius 2 is 1.72 bits per heavy atom. The van der Waals surface area contributed by atoms with E-state index < -0.39 is 5.41 Å². The molecule has 0 unspecified atom stereocenters. The second-order valence-corrected chi connectivity index (χ2v) is 4.85. The summed E-state index contributed by atoms with van der Waals surface area (Å²) in [5.41, 5.74) is 1.08. The molecule has 0 fully saturated rings. The standard InChI is InChI=1S/C14H15ClO3/c15-13-3-1-12(2-4-13)14(9-16,10-17)7-11-5-6-18-8-11/h1-6,8,16-17H,7,9-10H2. The Kier molecular flexibility index (Phi) is 4.07. The maximum absolute atomic E-state index is 9.67. The third kappa shape index (κ3) is 2.58. The fourth-order valence-electron chi connectivity index (χ4n) is 2.03. The molecule has 2 rings (SSSR count). The number of benzene rings is 1. The first-order valence-corrected chi connectivity index (χ1v) is 6.07. The van der Waals surface area contributed by atoms with Crippen LogP contribution in [0.5, 0.6) is 0 Å². The summed E-state index contributed by atoms with van der Waals surface area (Å²) in [6.07, 6.45) is 3.71. The molecular formula is C14H15ClO3. The lowest BCUT2D eigenvalue weighted by Gasteiger charge is -2.30. The number of aliphatic hydroxyl groups excluding tert-OH is 2. The van der Waals surface area contributed by atoms with Crippen molar-refractivity contribution in [1.29, 1.82) is 0 Å². The number of aliphatic hydroxyl groups is 2. The van der Waals surface area contributed by atoms with Crippen LogP contribution in [0.1, 0.15) is 11.1 Å². The van der Waals surface area contributed by atoms with Crippen LogP contribution in [0, 0.1) is 0 Å². The zero-order valence-corrected chi connectivity index (χ0v) is 10.6. The third-order valence-electron chi connectivity index (χ3n) is 3.18. The molecule has 2 aromatic rings. The molecule has 18 heavy (non-hydrogen) atoms. The van der Waals surface area contributed by atoms with Crippen LogP contribution < -0.4 is 0 Å². The summed E-state index contributed by atoms with van der Waals surface area (Å²) in [7, 11) is 0. The van der Waals surface area contributed by atoms with Crippen molar-refractivity contribution in [2.24, 2.45) is 0 Å². The van der Waals surface area contributed by atoms with Crippen LogP contribution >= 0.6 is 11.6 Å². The van der Waals surface area contributed by atoms with Crippen molar-refractivity contribution >= 4 is 11.6 Å². The van der Waals surface area contributed by atoms with Crippen LogP contribution in [0.25, 0.3) is 0 Å². The molecule has 4 heteroatoms. The molecule has 1 heterocycles. The predicted octanol–water partition coefficient (Wildman–Crippen LogP) is 2.40. The van der Waals surface area contributed by atoms with E-state index in [1.165, 1.54) is 0 Å². The van der Waals surface area contributed by atoms with Crippen LogP contribution in [-0.4, -0.2) is 23.4 Å². The van der Waals surface area contributed by atoms with Gasteiger partial charge in [0.2, 0.25) is 0 Å². The molecule has 0 amide bonds. The Labute approximate surface area is 111 Å². The number of hydrogen-bond acceptors (Lipinski definition) is 3. The molecule has 0 saturated heterocycles. The highest BCUT2D eigenvalue weighted by Gasteiger charge is 2.31. The van der Waals surface area contributed by atoms with Gasteiger partial charge in [-0.3, -0.25) is 0 Å². The first kappa shape index (κ1) is 13.1. The van der Waals surface area contributed by atoms with Gasteiger partial charge in [-0.2, -0.15) is 0 Å². The van der Waals surface area contributed by atoms with Gasteiger partial charge in [0.15, 0.2) is 0 Å². The van der Waals surface area contributed by atoms with Crippen molar-refractivity contribution < 1.29 is 14.6 Å². The largest absolute Gasteiger partial charge is 0.472 e. The van der Waals surface area contributed by atoms with Gasteiger partial charge >= 0.3 is 0 Å². The molecule has 0 aliphatic rings. The van der Waals surface area contributed by atoms with Crippen LogP contribution in [0.15, 0.2) is 47.3 Å². The van der Waals surface area contributed by atoms with Gasteiger partial charge in [0.05, 0.1) is 25.7 Å². The van der Waals surface area contributed by atoms with Gasteiger partial charge in [0.1, 0.15) is 0 Å². The van der Waals surface area contributed by atoms with E-state index in [0.717, 1.165) is 11.1 Å². The molecule has 0 aliphatic carbocycles.